The normalized spacial score (nSPS) is 18.7. The van der Waals surface area contributed by atoms with Crippen molar-refractivity contribution in [1.29, 1.82) is 0 Å². The number of carbonyl (C=O) groups is 1. The fourth-order valence-electron chi connectivity index (χ4n) is 5.94. The summed E-state index contributed by atoms with van der Waals surface area (Å²) in [6, 6.07) is 0.676. The van der Waals surface area contributed by atoms with Crippen molar-refractivity contribution in [3.63, 3.8) is 0 Å². The van der Waals surface area contributed by atoms with E-state index in [1.807, 2.05) is 6.92 Å². The van der Waals surface area contributed by atoms with Crippen LogP contribution in [-0.4, -0.2) is 35.7 Å². The molecule has 0 aromatic rings. The third kappa shape index (κ3) is 17.3. The SMILES string of the molecule is C/C=C/C(=O)OCC(CCCCCCCCCCCCCCCC)NC1CC(C)(C)NC(C)(C)C1. The van der Waals surface area contributed by atoms with Crippen molar-refractivity contribution in [2.45, 2.75) is 174 Å². The summed E-state index contributed by atoms with van der Waals surface area (Å²) in [5.74, 6) is -0.230. The summed E-state index contributed by atoms with van der Waals surface area (Å²) in [4.78, 5) is 11.9. The molecule has 4 nitrogen and oxygen atoms in total. The van der Waals surface area contributed by atoms with Crippen molar-refractivity contribution in [3.8, 4) is 0 Å². The first kappa shape index (κ1) is 32.2. The van der Waals surface area contributed by atoms with Crippen molar-refractivity contribution in [2.24, 2.45) is 0 Å². The highest BCUT2D eigenvalue weighted by Gasteiger charge is 2.38. The van der Waals surface area contributed by atoms with Crippen molar-refractivity contribution in [2.75, 3.05) is 6.61 Å². The van der Waals surface area contributed by atoms with E-state index >= 15 is 0 Å². The van der Waals surface area contributed by atoms with Gasteiger partial charge in [-0.15, -0.1) is 0 Å². The summed E-state index contributed by atoms with van der Waals surface area (Å²) in [6.07, 6.45) is 25.8. The van der Waals surface area contributed by atoms with Crippen molar-refractivity contribution in [1.82, 2.24) is 10.6 Å². The first-order valence-electron chi connectivity index (χ1n) is 15.0. The van der Waals surface area contributed by atoms with Gasteiger partial charge in [-0.05, 0) is 53.9 Å². The van der Waals surface area contributed by atoms with Crippen LogP contribution in [-0.2, 0) is 9.53 Å². The van der Waals surface area contributed by atoms with Crippen LogP contribution in [0.4, 0.5) is 0 Å². The lowest BCUT2D eigenvalue weighted by molar-refractivity contribution is -0.138. The second-order valence-electron chi connectivity index (χ2n) is 12.4. The van der Waals surface area contributed by atoms with E-state index in [1.165, 1.54) is 96.0 Å². The van der Waals surface area contributed by atoms with Crippen LogP contribution in [0.3, 0.4) is 0 Å². The third-order valence-electron chi connectivity index (χ3n) is 7.30. The van der Waals surface area contributed by atoms with Gasteiger partial charge in [0.25, 0.3) is 0 Å². The van der Waals surface area contributed by atoms with Gasteiger partial charge >= 0.3 is 5.97 Å². The second kappa shape index (κ2) is 18.4. The fraction of sp³-hybridized carbons (Fsp3) is 0.903. The van der Waals surface area contributed by atoms with Crippen molar-refractivity contribution in [3.05, 3.63) is 12.2 Å². The molecule has 35 heavy (non-hydrogen) atoms. The molecule has 1 unspecified atom stereocenters. The number of hydrogen-bond donors (Lipinski definition) is 2. The molecular formula is C31H60N2O2. The van der Waals surface area contributed by atoms with Crippen molar-refractivity contribution < 1.29 is 9.53 Å². The molecule has 1 saturated heterocycles. The summed E-state index contributed by atoms with van der Waals surface area (Å²) in [5.41, 5.74) is 0.224. The zero-order valence-corrected chi connectivity index (χ0v) is 24.4. The molecule has 2 N–H and O–H groups in total. The molecule has 4 heteroatoms. The second-order valence-corrected chi connectivity index (χ2v) is 12.4. The van der Waals surface area contributed by atoms with Crippen LogP contribution >= 0.6 is 0 Å². The Kier molecular flexibility index (Phi) is 16.9. The Labute approximate surface area is 218 Å². The Morgan fingerprint density at radius 3 is 1.77 bits per heavy atom. The predicted molar refractivity (Wildman–Crippen MR) is 152 cm³/mol. The van der Waals surface area contributed by atoms with E-state index in [-0.39, 0.29) is 23.1 Å². The van der Waals surface area contributed by atoms with Crippen LogP contribution in [0.25, 0.3) is 0 Å². The summed E-state index contributed by atoms with van der Waals surface area (Å²) >= 11 is 0. The van der Waals surface area contributed by atoms with Crippen molar-refractivity contribution >= 4 is 5.97 Å². The lowest BCUT2D eigenvalue weighted by atomic mass is 9.79. The van der Waals surface area contributed by atoms with E-state index in [1.54, 1.807) is 6.08 Å². The molecule has 0 aliphatic carbocycles. The van der Waals surface area contributed by atoms with Gasteiger partial charge in [-0.25, -0.2) is 4.79 Å². The van der Waals surface area contributed by atoms with Crippen LogP contribution in [0.2, 0.25) is 0 Å². The highest BCUT2D eigenvalue weighted by atomic mass is 16.5. The molecule has 1 aliphatic rings. The molecule has 0 radical (unpaired) electrons. The molecule has 0 aromatic carbocycles. The molecule has 0 bridgehead atoms. The van der Waals surface area contributed by atoms with E-state index < -0.39 is 0 Å². The molecule has 206 valence electrons. The number of allylic oxidation sites excluding steroid dienone is 1. The standard InChI is InChI=1S/C31H60N2O2/c1-7-9-10-11-12-13-14-15-16-17-18-19-20-21-23-27(26-35-29(34)22-8-2)32-28-24-30(3,4)33-31(5,6)25-28/h8,22,27-28,32-33H,7,9-21,23-26H2,1-6H3/b22-8+. The van der Waals surface area contributed by atoms with Crippen LogP contribution in [0.5, 0.6) is 0 Å². The summed E-state index contributed by atoms with van der Waals surface area (Å²) in [7, 11) is 0. The highest BCUT2D eigenvalue weighted by Crippen LogP contribution is 2.29. The Morgan fingerprint density at radius 2 is 1.31 bits per heavy atom. The maximum Gasteiger partial charge on any atom is 0.330 e. The van der Waals surface area contributed by atoms with Gasteiger partial charge < -0.3 is 15.4 Å². The molecule has 1 aliphatic heterocycles. The van der Waals surface area contributed by atoms with Crippen LogP contribution in [0, 0.1) is 0 Å². The number of hydrogen-bond acceptors (Lipinski definition) is 4. The van der Waals surface area contributed by atoms with E-state index in [4.69, 9.17) is 4.74 Å². The minimum atomic E-state index is -0.230. The van der Waals surface area contributed by atoms with E-state index in [0.29, 0.717) is 12.6 Å². The summed E-state index contributed by atoms with van der Waals surface area (Å²) < 4.78 is 5.56. The van der Waals surface area contributed by atoms with Gasteiger partial charge in [0.15, 0.2) is 0 Å². The number of esters is 1. The molecule has 0 spiro atoms. The third-order valence-corrected chi connectivity index (χ3v) is 7.30. The quantitative estimate of drug-likeness (QED) is 0.102. The number of ether oxygens (including phenoxy) is 1. The Hall–Kier alpha value is -0.870. The number of piperidine rings is 1. The lowest BCUT2D eigenvalue weighted by Crippen LogP contribution is -2.62. The summed E-state index contributed by atoms with van der Waals surface area (Å²) in [5, 5.41) is 7.64. The van der Waals surface area contributed by atoms with Crippen LogP contribution < -0.4 is 10.6 Å². The zero-order valence-electron chi connectivity index (χ0n) is 24.4. The fourth-order valence-corrected chi connectivity index (χ4v) is 5.94. The zero-order chi connectivity index (χ0) is 26.0. The number of carbonyl (C=O) groups excluding carboxylic acids is 1. The maximum atomic E-state index is 11.9. The van der Waals surface area contributed by atoms with Gasteiger partial charge in [0, 0.05) is 29.2 Å². The monoisotopic (exact) mass is 492 g/mol. The first-order valence-corrected chi connectivity index (χ1v) is 15.0. The maximum absolute atomic E-state index is 11.9. The molecule has 0 aromatic heterocycles. The molecule has 1 atom stereocenters. The molecule has 1 fully saturated rings. The van der Waals surface area contributed by atoms with Gasteiger partial charge in [-0.3, -0.25) is 0 Å². The minimum Gasteiger partial charge on any atom is -0.461 e. The molecule has 1 rings (SSSR count). The Bertz CT molecular complexity index is 554. The Balaban J connectivity index is 2.26. The van der Waals surface area contributed by atoms with E-state index in [0.717, 1.165) is 19.3 Å². The number of rotatable bonds is 20. The smallest absolute Gasteiger partial charge is 0.330 e. The van der Waals surface area contributed by atoms with Gasteiger partial charge in [-0.1, -0.05) is 103 Å². The average Bonchev–Trinajstić information content (AvgIpc) is 2.75. The first-order chi connectivity index (χ1) is 16.7. The van der Waals surface area contributed by atoms with Gasteiger partial charge in [0.1, 0.15) is 6.61 Å². The average molecular weight is 493 g/mol. The highest BCUT2D eigenvalue weighted by molar-refractivity contribution is 5.81. The summed E-state index contributed by atoms with van der Waals surface area (Å²) in [6.45, 7) is 13.8. The molecular weight excluding hydrogens is 432 g/mol. The van der Waals surface area contributed by atoms with Crippen LogP contribution in [0.15, 0.2) is 12.2 Å². The minimum absolute atomic E-state index is 0.112. The van der Waals surface area contributed by atoms with E-state index in [9.17, 15) is 4.79 Å². The molecule has 0 amide bonds. The number of unbranched alkanes of at least 4 members (excludes halogenated alkanes) is 13. The van der Waals surface area contributed by atoms with E-state index in [2.05, 4.69) is 45.3 Å². The molecule has 1 heterocycles. The van der Waals surface area contributed by atoms with Gasteiger partial charge in [0.2, 0.25) is 0 Å². The van der Waals surface area contributed by atoms with Gasteiger partial charge in [-0.2, -0.15) is 0 Å². The molecule has 0 saturated carbocycles. The lowest BCUT2D eigenvalue weighted by Gasteiger charge is -2.47. The Morgan fingerprint density at radius 1 is 0.857 bits per heavy atom. The van der Waals surface area contributed by atoms with Crippen LogP contribution in [0.1, 0.15) is 151 Å². The van der Waals surface area contributed by atoms with Gasteiger partial charge in [0.05, 0.1) is 0 Å². The number of nitrogens with one attached hydrogen (secondary N) is 2. The topological polar surface area (TPSA) is 50.4 Å². The predicted octanol–water partition coefficient (Wildman–Crippen LogP) is 8.24. The largest absolute Gasteiger partial charge is 0.461 e.